The van der Waals surface area contributed by atoms with Crippen molar-refractivity contribution in [1.82, 2.24) is 4.98 Å². The fourth-order valence-electron chi connectivity index (χ4n) is 1.85. The fraction of sp³-hybridized carbons (Fsp3) is 0.400. The Hall–Kier alpha value is -1.19. The van der Waals surface area contributed by atoms with Gasteiger partial charge in [-0.2, -0.15) is 0 Å². The zero-order valence-electron chi connectivity index (χ0n) is 11.1. The van der Waals surface area contributed by atoms with Gasteiger partial charge in [0.1, 0.15) is 5.01 Å². The molecule has 0 N–H and O–H groups in total. The number of ether oxygens (including phenoxy) is 1. The molecule has 1 aromatic carbocycles. The maximum atomic E-state index is 5.09. The van der Waals surface area contributed by atoms with E-state index in [0.717, 1.165) is 10.7 Å². The van der Waals surface area contributed by atoms with Gasteiger partial charge in [0.25, 0.3) is 0 Å². The second kappa shape index (κ2) is 6.12. The molecule has 1 aromatic heterocycles. The molecule has 0 aliphatic heterocycles. The van der Waals surface area contributed by atoms with Crippen LogP contribution in [0.3, 0.4) is 0 Å². The van der Waals surface area contributed by atoms with Gasteiger partial charge in [-0.1, -0.05) is 38.1 Å². The second-order valence-corrected chi connectivity index (χ2v) is 5.43. The monoisotopic (exact) mass is 261 g/mol. The molecule has 0 spiro atoms. The van der Waals surface area contributed by atoms with Gasteiger partial charge in [-0.25, -0.2) is 4.98 Å². The van der Waals surface area contributed by atoms with E-state index >= 15 is 0 Å². The van der Waals surface area contributed by atoms with Gasteiger partial charge in [0, 0.05) is 18.1 Å². The normalized spacial score (nSPS) is 12.6. The maximum absolute atomic E-state index is 5.09. The number of benzene rings is 1. The molecule has 2 aromatic rings. The Morgan fingerprint density at radius 1 is 1.28 bits per heavy atom. The van der Waals surface area contributed by atoms with Crippen molar-refractivity contribution in [3.63, 3.8) is 0 Å². The summed E-state index contributed by atoms with van der Waals surface area (Å²) in [6.45, 7) is 5.07. The molecule has 0 radical (unpaired) electrons. The predicted molar refractivity (Wildman–Crippen MR) is 77.0 cm³/mol. The van der Waals surface area contributed by atoms with Crippen LogP contribution in [0.1, 0.15) is 36.8 Å². The van der Waals surface area contributed by atoms with Crippen LogP contribution in [0.2, 0.25) is 0 Å². The van der Waals surface area contributed by atoms with E-state index in [2.05, 4.69) is 48.5 Å². The van der Waals surface area contributed by atoms with Crippen molar-refractivity contribution in [2.45, 2.75) is 32.8 Å². The Labute approximate surface area is 113 Å². The van der Waals surface area contributed by atoms with Gasteiger partial charge in [-0.3, -0.25) is 0 Å². The third-order valence-corrected chi connectivity index (χ3v) is 4.03. The first kappa shape index (κ1) is 13.2. The molecule has 3 heteroatoms. The molecule has 0 aliphatic carbocycles. The summed E-state index contributed by atoms with van der Waals surface area (Å²) in [5, 5.41) is 3.12. The van der Waals surface area contributed by atoms with Gasteiger partial charge in [0.05, 0.1) is 12.3 Å². The molecular weight excluding hydrogens is 242 g/mol. The number of hydrogen-bond acceptors (Lipinski definition) is 3. The van der Waals surface area contributed by atoms with Crippen LogP contribution in [0, 0.1) is 0 Å². The average Bonchev–Trinajstić information content (AvgIpc) is 2.87. The molecule has 2 nitrogen and oxygen atoms in total. The van der Waals surface area contributed by atoms with Gasteiger partial charge < -0.3 is 4.74 Å². The van der Waals surface area contributed by atoms with Crippen molar-refractivity contribution in [3.8, 4) is 11.3 Å². The minimum atomic E-state index is 0.593. The Kier molecular flexibility index (Phi) is 4.50. The maximum Gasteiger partial charge on any atom is 0.119 e. The highest BCUT2D eigenvalue weighted by Gasteiger charge is 2.06. The standard InChI is InChI=1S/C15H19NOS/c1-4-11(2)12-5-7-13(8-6-12)14-10-18-15(16-14)9-17-3/h5-8,10-11H,4,9H2,1-3H3. The van der Waals surface area contributed by atoms with Crippen LogP contribution in [-0.4, -0.2) is 12.1 Å². The summed E-state index contributed by atoms with van der Waals surface area (Å²) in [5.41, 5.74) is 3.62. The number of aromatic nitrogens is 1. The molecular formula is C15H19NOS. The third kappa shape index (κ3) is 2.98. The van der Waals surface area contributed by atoms with Crippen LogP contribution in [0.5, 0.6) is 0 Å². The summed E-state index contributed by atoms with van der Waals surface area (Å²) >= 11 is 1.65. The van der Waals surface area contributed by atoms with E-state index in [1.54, 1.807) is 18.4 Å². The summed E-state index contributed by atoms with van der Waals surface area (Å²) in [6, 6.07) is 8.73. The predicted octanol–water partition coefficient (Wildman–Crippen LogP) is 4.47. The zero-order chi connectivity index (χ0) is 13.0. The summed E-state index contributed by atoms with van der Waals surface area (Å²) < 4.78 is 5.09. The smallest absolute Gasteiger partial charge is 0.119 e. The van der Waals surface area contributed by atoms with Crippen LogP contribution < -0.4 is 0 Å². The molecule has 0 bridgehead atoms. The molecule has 0 aliphatic rings. The van der Waals surface area contributed by atoms with Gasteiger partial charge in [-0.05, 0) is 17.9 Å². The number of thiazole rings is 1. The molecule has 18 heavy (non-hydrogen) atoms. The molecule has 96 valence electrons. The van der Waals surface area contributed by atoms with Gasteiger partial charge in [0.2, 0.25) is 0 Å². The molecule has 1 unspecified atom stereocenters. The lowest BCUT2D eigenvalue weighted by Gasteiger charge is -2.08. The van der Waals surface area contributed by atoms with Crippen molar-refractivity contribution < 1.29 is 4.74 Å². The molecule has 0 saturated heterocycles. The van der Waals surface area contributed by atoms with Crippen LogP contribution in [0.25, 0.3) is 11.3 Å². The Morgan fingerprint density at radius 3 is 2.61 bits per heavy atom. The number of methoxy groups -OCH3 is 1. The summed E-state index contributed by atoms with van der Waals surface area (Å²) in [7, 11) is 1.70. The first-order valence-corrected chi connectivity index (χ1v) is 7.16. The summed E-state index contributed by atoms with van der Waals surface area (Å²) in [6.07, 6.45) is 1.17. The number of nitrogens with zero attached hydrogens (tertiary/aromatic N) is 1. The van der Waals surface area contributed by atoms with E-state index in [9.17, 15) is 0 Å². The average molecular weight is 261 g/mol. The highest BCUT2D eigenvalue weighted by Crippen LogP contribution is 2.25. The zero-order valence-corrected chi connectivity index (χ0v) is 12.0. The van der Waals surface area contributed by atoms with Crippen LogP contribution in [0.15, 0.2) is 29.6 Å². The minimum Gasteiger partial charge on any atom is -0.378 e. The van der Waals surface area contributed by atoms with Crippen LogP contribution in [0.4, 0.5) is 0 Å². The lowest BCUT2D eigenvalue weighted by molar-refractivity contribution is 0.184. The van der Waals surface area contributed by atoms with Crippen molar-refractivity contribution in [2.75, 3.05) is 7.11 Å². The largest absolute Gasteiger partial charge is 0.378 e. The molecule has 1 atom stereocenters. The van der Waals surface area contributed by atoms with E-state index in [1.165, 1.54) is 17.5 Å². The van der Waals surface area contributed by atoms with E-state index in [0.29, 0.717) is 12.5 Å². The summed E-state index contributed by atoms with van der Waals surface area (Å²) in [5.74, 6) is 0.624. The van der Waals surface area contributed by atoms with Crippen molar-refractivity contribution in [1.29, 1.82) is 0 Å². The van der Waals surface area contributed by atoms with E-state index in [4.69, 9.17) is 4.74 Å². The van der Waals surface area contributed by atoms with E-state index in [1.807, 2.05) is 0 Å². The Bertz CT molecular complexity index is 489. The highest BCUT2D eigenvalue weighted by molar-refractivity contribution is 7.09. The number of rotatable bonds is 5. The molecule has 0 amide bonds. The SMILES string of the molecule is CCC(C)c1ccc(-c2csc(COC)n2)cc1. The van der Waals surface area contributed by atoms with Gasteiger partial charge in [-0.15, -0.1) is 11.3 Å². The van der Waals surface area contributed by atoms with Gasteiger partial charge >= 0.3 is 0 Å². The van der Waals surface area contributed by atoms with Gasteiger partial charge in [0.15, 0.2) is 0 Å². The van der Waals surface area contributed by atoms with Crippen molar-refractivity contribution >= 4 is 11.3 Å². The second-order valence-electron chi connectivity index (χ2n) is 4.49. The van der Waals surface area contributed by atoms with E-state index in [-0.39, 0.29) is 0 Å². The minimum absolute atomic E-state index is 0.593. The van der Waals surface area contributed by atoms with Crippen molar-refractivity contribution in [2.24, 2.45) is 0 Å². The lowest BCUT2D eigenvalue weighted by atomic mass is 9.97. The summed E-state index contributed by atoms with van der Waals surface area (Å²) in [4.78, 5) is 4.56. The first-order chi connectivity index (χ1) is 8.74. The molecule has 1 heterocycles. The quantitative estimate of drug-likeness (QED) is 0.792. The number of hydrogen-bond donors (Lipinski definition) is 0. The molecule has 0 fully saturated rings. The third-order valence-electron chi connectivity index (χ3n) is 3.21. The lowest BCUT2D eigenvalue weighted by Crippen LogP contribution is -1.91. The van der Waals surface area contributed by atoms with Crippen molar-refractivity contribution in [3.05, 3.63) is 40.2 Å². The fourth-order valence-corrected chi connectivity index (χ4v) is 2.62. The molecule has 0 saturated carbocycles. The molecule has 2 rings (SSSR count). The Balaban J connectivity index is 2.17. The van der Waals surface area contributed by atoms with Crippen LogP contribution in [-0.2, 0) is 11.3 Å². The Morgan fingerprint density at radius 2 is 2.00 bits per heavy atom. The first-order valence-electron chi connectivity index (χ1n) is 6.28. The van der Waals surface area contributed by atoms with Crippen LogP contribution >= 0.6 is 11.3 Å². The topological polar surface area (TPSA) is 22.1 Å². The van der Waals surface area contributed by atoms with E-state index < -0.39 is 0 Å². The highest BCUT2D eigenvalue weighted by atomic mass is 32.1.